The van der Waals surface area contributed by atoms with Crippen molar-refractivity contribution in [3.05, 3.63) is 45.7 Å². The minimum atomic E-state index is 0.359. The van der Waals surface area contributed by atoms with Crippen LogP contribution in [0.15, 0.2) is 23.8 Å². The van der Waals surface area contributed by atoms with Gasteiger partial charge in [0.2, 0.25) is 0 Å². The lowest BCUT2D eigenvalue weighted by Gasteiger charge is -2.12. The number of thiophene rings is 1. The molecule has 2 heterocycles. The largest absolute Gasteiger partial charge is 0.304 e. The number of aromatic nitrogens is 2. The normalized spacial score (nSPS) is 12.6. The third kappa shape index (κ3) is 3.11. The van der Waals surface area contributed by atoms with E-state index in [1.165, 1.54) is 10.4 Å². The molecule has 90 valence electrons. The Labute approximate surface area is 106 Å². The van der Waals surface area contributed by atoms with Crippen LogP contribution in [-0.4, -0.2) is 9.97 Å². The summed E-state index contributed by atoms with van der Waals surface area (Å²) in [6.45, 7) is 7.03. The Morgan fingerprint density at radius 2 is 2.12 bits per heavy atom. The van der Waals surface area contributed by atoms with Crippen molar-refractivity contribution in [3.8, 4) is 0 Å². The molecule has 0 spiro atoms. The van der Waals surface area contributed by atoms with Gasteiger partial charge >= 0.3 is 0 Å². The van der Waals surface area contributed by atoms with Crippen molar-refractivity contribution < 1.29 is 0 Å². The van der Waals surface area contributed by atoms with Gasteiger partial charge in [0, 0.05) is 29.9 Å². The molecule has 3 nitrogen and oxygen atoms in total. The highest BCUT2D eigenvalue weighted by Gasteiger charge is 2.09. The molecule has 0 saturated carbocycles. The molecule has 1 atom stereocenters. The predicted octanol–water partition coefficient (Wildman–Crippen LogP) is 3.01. The van der Waals surface area contributed by atoms with Crippen molar-refractivity contribution >= 4 is 11.3 Å². The monoisotopic (exact) mass is 247 g/mol. The average molecular weight is 247 g/mol. The number of nitrogens with one attached hydrogen (secondary N) is 1. The van der Waals surface area contributed by atoms with Gasteiger partial charge in [0.15, 0.2) is 0 Å². The average Bonchev–Trinajstić information content (AvgIpc) is 2.74. The fourth-order valence-electron chi connectivity index (χ4n) is 1.69. The first-order valence-corrected chi connectivity index (χ1v) is 6.59. The molecule has 2 aromatic rings. The first-order valence-electron chi connectivity index (χ1n) is 5.71. The van der Waals surface area contributed by atoms with E-state index in [-0.39, 0.29) is 0 Å². The minimum absolute atomic E-state index is 0.359. The number of hydrogen-bond acceptors (Lipinski definition) is 4. The predicted molar refractivity (Wildman–Crippen MR) is 71.1 cm³/mol. The Morgan fingerprint density at radius 1 is 1.29 bits per heavy atom. The maximum atomic E-state index is 4.33. The smallest absolute Gasteiger partial charge is 0.0724 e. The van der Waals surface area contributed by atoms with Gasteiger partial charge in [-0.05, 0) is 37.8 Å². The second kappa shape index (κ2) is 5.38. The van der Waals surface area contributed by atoms with Crippen LogP contribution in [0.1, 0.15) is 34.8 Å². The highest BCUT2D eigenvalue weighted by molar-refractivity contribution is 7.10. The highest BCUT2D eigenvalue weighted by atomic mass is 32.1. The molecule has 0 aliphatic rings. The van der Waals surface area contributed by atoms with Crippen LogP contribution >= 0.6 is 11.3 Å². The summed E-state index contributed by atoms with van der Waals surface area (Å²) in [4.78, 5) is 9.96. The van der Waals surface area contributed by atoms with Gasteiger partial charge in [-0.3, -0.25) is 9.97 Å². The van der Waals surface area contributed by atoms with E-state index in [9.17, 15) is 0 Å². The molecule has 17 heavy (non-hydrogen) atoms. The van der Waals surface area contributed by atoms with Crippen LogP contribution in [0, 0.1) is 13.8 Å². The van der Waals surface area contributed by atoms with Crippen molar-refractivity contribution in [1.82, 2.24) is 15.3 Å². The first kappa shape index (κ1) is 12.2. The molecular formula is C13H17N3S. The first-order chi connectivity index (χ1) is 8.16. The molecule has 0 aliphatic carbocycles. The lowest BCUT2D eigenvalue weighted by atomic mass is 10.2. The Hall–Kier alpha value is -1.26. The molecule has 0 aromatic carbocycles. The van der Waals surface area contributed by atoms with Gasteiger partial charge in [0.1, 0.15) is 0 Å². The van der Waals surface area contributed by atoms with Crippen LogP contribution in [0.25, 0.3) is 0 Å². The van der Waals surface area contributed by atoms with E-state index in [1.54, 1.807) is 17.5 Å². The molecule has 0 saturated heterocycles. The fraction of sp³-hybridized carbons (Fsp3) is 0.385. The maximum absolute atomic E-state index is 4.33. The fourth-order valence-corrected chi connectivity index (χ4v) is 2.65. The van der Waals surface area contributed by atoms with Crippen LogP contribution in [-0.2, 0) is 6.54 Å². The molecule has 2 aromatic heterocycles. The zero-order valence-electron chi connectivity index (χ0n) is 10.4. The zero-order valence-corrected chi connectivity index (χ0v) is 11.2. The van der Waals surface area contributed by atoms with Crippen molar-refractivity contribution in [2.75, 3.05) is 0 Å². The van der Waals surface area contributed by atoms with Gasteiger partial charge in [-0.2, -0.15) is 0 Å². The number of aryl methyl sites for hydroxylation is 2. The molecule has 4 heteroatoms. The molecule has 2 rings (SSSR count). The summed E-state index contributed by atoms with van der Waals surface area (Å²) in [5.74, 6) is 0. The van der Waals surface area contributed by atoms with Crippen molar-refractivity contribution in [2.45, 2.75) is 33.4 Å². The highest BCUT2D eigenvalue weighted by Crippen LogP contribution is 2.23. The summed E-state index contributed by atoms with van der Waals surface area (Å²) >= 11 is 1.80. The number of nitrogens with zero attached hydrogens (tertiary/aromatic N) is 2. The number of rotatable bonds is 4. The van der Waals surface area contributed by atoms with E-state index >= 15 is 0 Å². The van der Waals surface area contributed by atoms with Gasteiger partial charge in [-0.1, -0.05) is 0 Å². The maximum Gasteiger partial charge on any atom is 0.0724 e. The SMILES string of the molecule is Cc1cnc(CNC(C)c2sccc2C)cn1. The van der Waals surface area contributed by atoms with Gasteiger partial charge in [0.25, 0.3) is 0 Å². The number of hydrogen-bond donors (Lipinski definition) is 1. The molecule has 0 aliphatic heterocycles. The summed E-state index contributed by atoms with van der Waals surface area (Å²) in [6, 6.07) is 2.52. The van der Waals surface area contributed by atoms with E-state index in [0.29, 0.717) is 6.04 Å². The zero-order chi connectivity index (χ0) is 12.3. The van der Waals surface area contributed by atoms with Crippen LogP contribution in [0.4, 0.5) is 0 Å². The van der Waals surface area contributed by atoms with Gasteiger partial charge in [-0.15, -0.1) is 11.3 Å². The van der Waals surface area contributed by atoms with Gasteiger partial charge in [-0.25, -0.2) is 0 Å². The van der Waals surface area contributed by atoms with Crippen molar-refractivity contribution in [3.63, 3.8) is 0 Å². The Bertz CT molecular complexity index is 476. The van der Waals surface area contributed by atoms with Crippen LogP contribution < -0.4 is 5.32 Å². The van der Waals surface area contributed by atoms with E-state index in [2.05, 4.69) is 40.6 Å². The van der Waals surface area contributed by atoms with Crippen LogP contribution in [0.2, 0.25) is 0 Å². The molecule has 1 unspecified atom stereocenters. The molecule has 0 radical (unpaired) electrons. The molecule has 0 amide bonds. The van der Waals surface area contributed by atoms with Crippen molar-refractivity contribution in [2.24, 2.45) is 0 Å². The third-order valence-electron chi connectivity index (χ3n) is 2.72. The minimum Gasteiger partial charge on any atom is -0.304 e. The van der Waals surface area contributed by atoms with Crippen molar-refractivity contribution in [1.29, 1.82) is 0 Å². The molecule has 0 bridgehead atoms. The Morgan fingerprint density at radius 3 is 2.71 bits per heavy atom. The van der Waals surface area contributed by atoms with E-state index in [1.807, 2.05) is 13.1 Å². The quantitative estimate of drug-likeness (QED) is 0.902. The van der Waals surface area contributed by atoms with E-state index in [4.69, 9.17) is 0 Å². The van der Waals surface area contributed by atoms with E-state index in [0.717, 1.165) is 17.9 Å². The molecular weight excluding hydrogens is 230 g/mol. The Balaban J connectivity index is 1.94. The molecule has 0 fully saturated rings. The summed E-state index contributed by atoms with van der Waals surface area (Å²) in [5.41, 5.74) is 3.29. The Kier molecular flexibility index (Phi) is 3.86. The second-order valence-corrected chi connectivity index (χ2v) is 5.17. The summed E-state index contributed by atoms with van der Waals surface area (Å²) in [5, 5.41) is 5.60. The lowest BCUT2D eigenvalue weighted by molar-refractivity contribution is 0.572. The summed E-state index contributed by atoms with van der Waals surface area (Å²) < 4.78 is 0. The van der Waals surface area contributed by atoms with E-state index < -0.39 is 0 Å². The van der Waals surface area contributed by atoms with Gasteiger partial charge < -0.3 is 5.32 Å². The lowest BCUT2D eigenvalue weighted by Crippen LogP contribution is -2.18. The van der Waals surface area contributed by atoms with Gasteiger partial charge in [0.05, 0.1) is 11.4 Å². The van der Waals surface area contributed by atoms with Crippen LogP contribution in [0.5, 0.6) is 0 Å². The molecule has 1 N–H and O–H groups in total. The topological polar surface area (TPSA) is 37.8 Å². The van der Waals surface area contributed by atoms with Crippen LogP contribution in [0.3, 0.4) is 0 Å². The second-order valence-electron chi connectivity index (χ2n) is 4.22. The summed E-state index contributed by atoms with van der Waals surface area (Å²) in [7, 11) is 0. The summed E-state index contributed by atoms with van der Waals surface area (Å²) in [6.07, 6.45) is 3.63. The third-order valence-corrected chi connectivity index (χ3v) is 3.92. The standard InChI is InChI=1S/C13H17N3S/c1-9-4-5-17-13(9)11(3)15-8-12-7-14-10(2)6-16-12/h4-7,11,15H,8H2,1-3H3.